The lowest BCUT2D eigenvalue weighted by Gasteiger charge is -2.10. The molecule has 0 saturated heterocycles. The second kappa shape index (κ2) is 8.64. The maximum absolute atomic E-state index is 13.0. The molecule has 0 aliphatic carbocycles. The van der Waals surface area contributed by atoms with Gasteiger partial charge in [-0.2, -0.15) is 0 Å². The summed E-state index contributed by atoms with van der Waals surface area (Å²) < 4.78 is 6.56. The van der Waals surface area contributed by atoms with E-state index in [1.54, 1.807) is 12.1 Å². The van der Waals surface area contributed by atoms with Crippen LogP contribution in [0, 0.1) is 6.92 Å². The fourth-order valence-electron chi connectivity index (χ4n) is 3.17. The highest BCUT2D eigenvalue weighted by Crippen LogP contribution is 2.30. The van der Waals surface area contributed by atoms with Crippen molar-refractivity contribution < 1.29 is 14.3 Å². The number of aromatic nitrogens is 2. The number of nitrogens with zero attached hydrogens (tertiary/aromatic N) is 2. The molecule has 4 rings (SSSR count). The van der Waals surface area contributed by atoms with Crippen LogP contribution in [0.5, 0.6) is 0 Å². The van der Waals surface area contributed by atoms with Crippen LogP contribution < -0.4 is 10.9 Å². The van der Waals surface area contributed by atoms with Crippen LogP contribution in [0.3, 0.4) is 0 Å². The van der Waals surface area contributed by atoms with Crippen molar-refractivity contribution in [3.8, 4) is 11.1 Å². The molecule has 0 aliphatic rings. The zero-order valence-electron chi connectivity index (χ0n) is 16.4. The molecular formula is C22H21N3O4S. The van der Waals surface area contributed by atoms with E-state index in [2.05, 4.69) is 10.3 Å². The van der Waals surface area contributed by atoms with Crippen LogP contribution in [0.25, 0.3) is 21.3 Å². The number of aliphatic hydroxyl groups is 1. The number of benzene rings is 1. The average molecular weight is 423 g/mol. The maximum atomic E-state index is 13.0. The van der Waals surface area contributed by atoms with Gasteiger partial charge in [-0.3, -0.25) is 14.2 Å². The van der Waals surface area contributed by atoms with Gasteiger partial charge in [0.25, 0.3) is 5.56 Å². The number of furan rings is 1. The van der Waals surface area contributed by atoms with Gasteiger partial charge >= 0.3 is 0 Å². The van der Waals surface area contributed by atoms with E-state index >= 15 is 0 Å². The Labute approximate surface area is 176 Å². The summed E-state index contributed by atoms with van der Waals surface area (Å²) >= 11 is 1.43. The molecule has 0 fully saturated rings. The van der Waals surface area contributed by atoms with E-state index in [0.717, 1.165) is 16.7 Å². The summed E-state index contributed by atoms with van der Waals surface area (Å²) in [6, 6.07) is 11.3. The molecule has 154 valence electrons. The summed E-state index contributed by atoms with van der Waals surface area (Å²) in [6.07, 6.45) is 2.13. The molecule has 2 N–H and O–H groups in total. The summed E-state index contributed by atoms with van der Waals surface area (Å²) in [5.74, 6) is 0.124. The Balaban J connectivity index is 1.46. The minimum atomic E-state index is -0.910. The molecule has 1 amide bonds. The number of nitrogens with one attached hydrogen (secondary N) is 1. The van der Waals surface area contributed by atoms with Gasteiger partial charge in [0.15, 0.2) is 0 Å². The van der Waals surface area contributed by atoms with Crippen molar-refractivity contribution in [1.29, 1.82) is 0 Å². The molecule has 0 spiro atoms. The molecule has 0 bridgehead atoms. The lowest BCUT2D eigenvalue weighted by Crippen LogP contribution is -2.30. The molecule has 30 heavy (non-hydrogen) atoms. The van der Waals surface area contributed by atoms with Gasteiger partial charge in [0.2, 0.25) is 5.91 Å². The lowest BCUT2D eigenvalue weighted by molar-refractivity contribution is -0.121. The van der Waals surface area contributed by atoms with Crippen molar-refractivity contribution in [2.75, 3.05) is 6.54 Å². The van der Waals surface area contributed by atoms with Crippen molar-refractivity contribution >= 4 is 27.5 Å². The minimum absolute atomic E-state index is 0.0423. The van der Waals surface area contributed by atoms with Gasteiger partial charge in [-0.1, -0.05) is 29.8 Å². The van der Waals surface area contributed by atoms with Crippen LogP contribution in [0.15, 0.2) is 63.6 Å². The van der Waals surface area contributed by atoms with Crippen LogP contribution in [0.1, 0.15) is 23.8 Å². The van der Waals surface area contributed by atoms with E-state index in [1.165, 1.54) is 28.5 Å². The lowest BCUT2D eigenvalue weighted by atomic mass is 10.1. The first-order chi connectivity index (χ1) is 14.5. The van der Waals surface area contributed by atoms with Crippen molar-refractivity contribution in [3.05, 3.63) is 76.0 Å². The van der Waals surface area contributed by atoms with Gasteiger partial charge in [0.1, 0.15) is 16.7 Å². The first-order valence-corrected chi connectivity index (χ1v) is 10.4. The highest BCUT2D eigenvalue weighted by molar-refractivity contribution is 7.17. The maximum Gasteiger partial charge on any atom is 0.262 e. The standard InChI is InChI=1S/C22H21N3O4S/c1-14-4-6-15(7-5-14)16-12-30-21-20(16)22(28)25(13-24-21)9-8-19(27)23-11-17(26)18-3-2-10-29-18/h2-7,10,12-13,17,26H,8-9,11H2,1H3,(H,23,27). The van der Waals surface area contributed by atoms with Gasteiger partial charge < -0.3 is 14.8 Å². The SMILES string of the molecule is Cc1ccc(-c2csc3ncn(CCC(=O)NCC(O)c4ccco4)c(=O)c23)cc1. The monoisotopic (exact) mass is 423 g/mol. The van der Waals surface area contributed by atoms with Gasteiger partial charge in [0.05, 0.1) is 24.5 Å². The number of hydrogen-bond donors (Lipinski definition) is 2. The molecular weight excluding hydrogens is 402 g/mol. The molecule has 0 saturated carbocycles. The summed E-state index contributed by atoms with van der Waals surface area (Å²) in [5, 5.41) is 15.1. The van der Waals surface area contributed by atoms with Crippen LogP contribution in [-0.2, 0) is 11.3 Å². The molecule has 1 atom stereocenters. The van der Waals surface area contributed by atoms with Crippen LogP contribution >= 0.6 is 11.3 Å². The number of fused-ring (bicyclic) bond motifs is 1. The van der Waals surface area contributed by atoms with Crippen molar-refractivity contribution in [2.24, 2.45) is 0 Å². The highest BCUT2D eigenvalue weighted by atomic mass is 32.1. The predicted molar refractivity (Wildman–Crippen MR) is 115 cm³/mol. The number of hydrogen-bond acceptors (Lipinski definition) is 6. The second-order valence-electron chi connectivity index (χ2n) is 7.02. The zero-order valence-corrected chi connectivity index (χ0v) is 17.2. The number of aliphatic hydroxyl groups excluding tert-OH is 1. The molecule has 0 radical (unpaired) electrons. The van der Waals surface area contributed by atoms with Crippen molar-refractivity contribution in [2.45, 2.75) is 26.0 Å². The molecule has 7 nitrogen and oxygen atoms in total. The number of carbonyl (C=O) groups excluding carboxylic acids is 1. The third-order valence-corrected chi connectivity index (χ3v) is 5.75. The van der Waals surface area contributed by atoms with E-state index in [0.29, 0.717) is 16.0 Å². The first kappa shape index (κ1) is 20.1. The third kappa shape index (κ3) is 4.19. The Hall–Kier alpha value is -3.23. The minimum Gasteiger partial charge on any atom is -0.467 e. The summed E-state index contributed by atoms with van der Waals surface area (Å²) in [6.45, 7) is 2.26. The molecule has 4 aromatic rings. The van der Waals surface area contributed by atoms with E-state index in [1.807, 2.05) is 36.6 Å². The fraction of sp³-hybridized carbons (Fsp3) is 0.227. The van der Waals surface area contributed by atoms with E-state index < -0.39 is 6.10 Å². The quantitative estimate of drug-likeness (QED) is 0.476. The number of aryl methyl sites for hydroxylation is 2. The topological polar surface area (TPSA) is 97.4 Å². The van der Waals surface area contributed by atoms with Gasteiger partial charge in [-0.05, 0) is 24.6 Å². The molecule has 1 unspecified atom stereocenters. The van der Waals surface area contributed by atoms with Gasteiger partial charge in [-0.15, -0.1) is 11.3 Å². The summed E-state index contributed by atoms with van der Waals surface area (Å²) in [5.41, 5.74) is 2.80. The summed E-state index contributed by atoms with van der Waals surface area (Å²) in [7, 11) is 0. The zero-order chi connectivity index (χ0) is 21.1. The van der Waals surface area contributed by atoms with Crippen molar-refractivity contribution in [3.63, 3.8) is 0 Å². The molecule has 1 aromatic carbocycles. The number of thiophene rings is 1. The van der Waals surface area contributed by atoms with Crippen LogP contribution in [0.4, 0.5) is 0 Å². The molecule has 3 aromatic heterocycles. The number of carbonyl (C=O) groups is 1. The number of amides is 1. The Morgan fingerprint density at radius 1 is 1.30 bits per heavy atom. The van der Waals surface area contributed by atoms with Crippen LogP contribution in [-0.4, -0.2) is 27.1 Å². The largest absolute Gasteiger partial charge is 0.467 e. The Bertz CT molecular complexity index is 1210. The Morgan fingerprint density at radius 2 is 2.10 bits per heavy atom. The summed E-state index contributed by atoms with van der Waals surface area (Å²) in [4.78, 5) is 30.2. The van der Waals surface area contributed by atoms with E-state index in [4.69, 9.17) is 4.42 Å². The Morgan fingerprint density at radius 3 is 2.83 bits per heavy atom. The van der Waals surface area contributed by atoms with Crippen LogP contribution in [0.2, 0.25) is 0 Å². The highest BCUT2D eigenvalue weighted by Gasteiger charge is 2.15. The molecule has 0 aliphatic heterocycles. The number of rotatable bonds is 7. The predicted octanol–water partition coefficient (Wildman–Crippen LogP) is 3.27. The second-order valence-corrected chi connectivity index (χ2v) is 7.88. The fourth-order valence-corrected chi connectivity index (χ4v) is 4.08. The first-order valence-electron chi connectivity index (χ1n) is 9.55. The van der Waals surface area contributed by atoms with Crippen molar-refractivity contribution in [1.82, 2.24) is 14.9 Å². The smallest absolute Gasteiger partial charge is 0.262 e. The van der Waals surface area contributed by atoms with Gasteiger partial charge in [0, 0.05) is 23.9 Å². The normalized spacial score (nSPS) is 12.2. The molecule has 8 heteroatoms. The Kier molecular flexibility index (Phi) is 5.78. The molecule has 3 heterocycles. The van der Waals surface area contributed by atoms with E-state index in [9.17, 15) is 14.7 Å². The third-order valence-electron chi connectivity index (χ3n) is 4.87. The van der Waals surface area contributed by atoms with Gasteiger partial charge in [-0.25, -0.2) is 4.98 Å². The average Bonchev–Trinajstić information content (AvgIpc) is 3.42. The van der Waals surface area contributed by atoms with E-state index in [-0.39, 0.29) is 31.0 Å².